The molecule has 1 heterocycles. The van der Waals surface area contributed by atoms with Crippen LogP contribution < -0.4 is 5.32 Å². The zero-order chi connectivity index (χ0) is 11.3. The summed E-state index contributed by atoms with van der Waals surface area (Å²) in [6.07, 6.45) is 2.54. The van der Waals surface area contributed by atoms with Crippen LogP contribution in [0, 0.1) is 5.41 Å². The first-order chi connectivity index (χ1) is 6.86. The first-order valence-corrected chi connectivity index (χ1v) is 5.92. The van der Waals surface area contributed by atoms with Gasteiger partial charge < -0.3 is 10.2 Å². The first kappa shape index (κ1) is 10.9. The Morgan fingerprint density at radius 2 is 1.93 bits per heavy atom. The number of rotatable bonds is 1. The Morgan fingerprint density at radius 1 is 1.33 bits per heavy atom. The second-order valence-corrected chi connectivity index (χ2v) is 6.01. The van der Waals surface area contributed by atoms with Crippen LogP contribution >= 0.6 is 0 Å². The zero-order valence-electron chi connectivity index (χ0n) is 10.3. The van der Waals surface area contributed by atoms with E-state index >= 15 is 0 Å². The molecule has 0 aromatic rings. The highest BCUT2D eigenvalue weighted by molar-refractivity contribution is 5.86. The van der Waals surface area contributed by atoms with Gasteiger partial charge >= 0.3 is 0 Å². The van der Waals surface area contributed by atoms with Crippen LogP contribution in [-0.2, 0) is 4.79 Å². The van der Waals surface area contributed by atoms with Crippen molar-refractivity contribution >= 4 is 5.91 Å². The lowest BCUT2D eigenvalue weighted by molar-refractivity contribution is -0.138. The molecular weight excluding hydrogens is 188 g/mol. The van der Waals surface area contributed by atoms with Gasteiger partial charge in [0.15, 0.2) is 0 Å². The molecule has 1 saturated heterocycles. The molecule has 15 heavy (non-hydrogen) atoms. The van der Waals surface area contributed by atoms with Gasteiger partial charge in [-0.2, -0.15) is 0 Å². The summed E-state index contributed by atoms with van der Waals surface area (Å²) in [4.78, 5) is 14.3. The molecule has 1 N–H and O–H groups in total. The van der Waals surface area contributed by atoms with E-state index < -0.39 is 5.54 Å². The number of nitrogens with one attached hydrogen (secondary N) is 1. The van der Waals surface area contributed by atoms with E-state index in [0.29, 0.717) is 11.5 Å². The van der Waals surface area contributed by atoms with E-state index in [2.05, 4.69) is 19.2 Å². The van der Waals surface area contributed by atoms with E-state index in [9.17, 15) is 4.79 Å². The molecule has 3 heteroatoms. The summed E-state index contributed by atoms with van der Waals surface area (Å²) in [5, 5.41) is 3.42. The highest BCUT2D eigenvalue weighted by atomic mass is 16.2. The third-order valence-corrected chi connectivity index (χ3v) is 3.79. The Labute approximate surface area is 92.2 Å². The van der Waals surface area contributed by atoms with Gasteiger partial charge in [0.05, 0.1) is 5.54 Å². The van der Waals surface area contributed by atoms with E-state index in [-0.39, 0.29) is 5.91 Å². The van der Waals surface area contributed by atoms with E-state index in [1.807, 2.05) is 18.7 Å². The van der Waals surface area contributed by atoms with E-state index in [4.69, 9.17) is 0 Å². The van der Waals surface area contributed by atoms with Crippen molar-refractivity contribution in [3.63, 3.8) is 0 Å². The van der Waals surface area contributed by atoms with Crippen LogP contribution in [0.1, 0.15) is 40.5 Å². The normalized spacial score (nSPS) is 28.3. The average Bonchev–Trinajstić information content (AvgIpc) is 2.91. The van der Waals surface area contributed by atoms with Gasteiger partial charge in [-0.1, -0.05) is 0 Å². The lowest BCUT2D eigenvalue weighted by Gasteiger charge is -2.32. The molecule has 0 bridgehead atoms. The second-order valence-electron chi connectivity index (χ2n) is 6.01. The van der Waals surface area contributed by atoms with Gasteiger partial charge in [-0.15, -0.1) is 0 Å². The highest BCUT2D eigenvalue weighted by Gasteiger charge is 2.50. The maximum Gasteiger partial charge on any atom is 0.242 e. The molecule has 1 amide bonds. The molecule has 0 aromatic carbocycles. The molecular formula is C12H22N2O. The van der Waals surface area contributed by atoms with Crippen LogP contribution in [0.4, 0.5) is 0 Å². The summed E-state index contributed by atoms with van der Waals surface area (Å²) < 4.78 is 0. The molecule has 2 fully saturated rings. The van der Waals surface area contributed by atoms with Crippen molar-refractivity contribution in [2.45, 2.75) is 52.1 Å². The van der Waals surface area contributed by atoms with Crippen LogP contribution in [-0.4, -0.2) is 35.5 Å². The largest absolute Gasteiger partial charge is 0.338 e. The minimum atomic E-state index is -0.393. The number of hydrogen-bond donors (Lipinski definition) is 1. The van der Waals surface area contributed by atoms with Crippen LogP contribution in [0.15, 0.2) is 0 Å². The molecule has 1 saturated carbocycles. The van der Waals surface area contributed by atoms with Gasteiger partial charge in [0.1, 0.15) is 0 Å². The van der Waals surface area contributed by atoms with Crippen molar-refractivity contribution in [2.24, 2.45) is 5.41 Å². The SMILES string of the molecule is CC(C)N1CC2(CC2)CNC(C)(C)C1=O. The summed E-state index contributed by atoms with van der Waals surface area (Å²) in [6.45, 7) is 10.1. The summed E-state index contributed by atoms with van der Waals surface area (Å²) >= 11 is 0. The fourth-order valence-electron chi connectivity index (χ4n) is 2.26. The van der Waals surface area contributed by atoms with Crippen molar-refractivity contribution in [1.82, 2.24) is 10.2 Å². The Kier molecular flexibility index (Phi) is 2.34. The van der Waals surface area contributed by atoms with Gasteiger partial charge in [-0.3, -0.25) is 4.79 Å². The average molecular weight is 210 g/mol. The number of nitrogens with zero attached hydrogens (tertiary/aromatic N) is 1. The molecule has 86 valence electrons. The van der Waals surface area contributed by atoms with E-state index in [1.54, 1.807) is 0 Å². The van der Waals surface area contributed by atoms with Crippen LogP contribution in [0.2, 0.25) is 0 Å². The molecule has 0 radical (unpaired) electrons. The van der Waals surface area contributed by atoms with Gasteiger partial charge in [0.25, 0.3) is 0 Å². The molecule has 2 aliphatic rings. The third kappa shape index (κ3) is 1.89. The Balaban J connectivity index is 2.23. The van der Waals surface area contributed by atoms with Gasteiger partial charge in [-0.25, -0.2) is 0 Å². The summed E-state index contributed by atoms with van der Waals surface area (Å²) in [6, 6.07) is 0.314. The molecule has 0 aromatic heterocycles. The van der Waals surface area contributed by atoms with Crippen molar-refractivity contribution in [1.29, 1.82) is 0 Å². The molecule has 0 atom stereocenters. The van der Waals surface area contributed by atoms with Crippen LogP contribution in [0.3, 0.4) is 0 Å². The number of carbonyl (C=O) groups is 1. The molecule has 1 aliphatic heterocycles. The molecule has 2 rings (SSSR count). The predicted molar refractivity (Wildman–Crippen MR) is 60.6 cm³/mol. The lowest BCUT2D eigenvalue weighted by Crippen LogP contribution is -2.53. The standard InChI is InChI=1S/C12H22N2O/c1-9(2)14-8-12(5-6-12)7-13-11(3,4)10(14)15/h9,13H,5-8H2,1-4H3. The zero-order valence-corrected chi connectivity index (χ0v) is 10.3. The molecule has 0 unspecified atom stereocenters. The smallest absolute Gasteiger partial charge is 0.242 e. The topological polar surface area (TPSA) is 32.3 Å². The van der Waals surface area contributed by atoms with Crippen molar-refractivity contribution in [3.05, 3.63) is 0 Å². The monoisotopic (exact) mass is 210 g/mol. The second kappa shape index (κ2) is 3.21. The number of amides is 1. The molecule has 1 aliphatic carbocycles. The first-order valence-electron chi connectivity index (χ1n) is 5.92. The third-order valence-electron chi connectivity index (χ3n) is 3.79. The maximum absolute atomic E-state index is 12.3. The summed E-state index contributed by atoms with van der Waals surface area (Å²) in [5.41, 5.74) is 0.00403. The maximum atomic E-state index is 12.3. The van der Waals surface area contributed by atoms with E-state index in [0.717, 1.165) is 13.1 Å². The summed E-state index contributed by atoms with van der Waals surface area (Å²) in [5.74, 6) is 0.251. The lowest BCUT2D eigenvalue weighted by atomic mass is 10.0. The fourth-order valence-corrected chi connectivity index (χ4v) is 2.26. The van der Waals surface area contributed by atoms with Gasteiger partial charge in [-0.05, 0) is 40.5 Å². The van der Waals surface area contributed by atoms with Gasteiger partial charge in [0.2, 0.25) is 5.91 Å². The number of hydrogen-bond acceptors (Lipinski definition) is 2. The quantitative estimate of drug-likeness (QED) is 0.709. The minimum absolute atomic E-state index is 0.251. The Hall–Kier alpha value is -0.570. The molecule has 1 spiro atoms. The van der Waals surface area contributed by atoms with Gasteiger partial charge in [0, 0.05) is 24.5 Å². The Morgan fingerprint density at radius 3 is 2.40 bits per heavy atom. The minimum Gasteiger partial charge on any atom is -0.338 e. The van der Waals surface area contributed by atoms with Crippen LogP contribution in [0.5, 0.6) is 0 Å². The number of carbonyl (C=O) groups excluding carboxylic acids is 1. The van der Waals surface area contributed by atoms with Crippen molar-refractivity contribution in [2.75, 3.05) is 13.1 Å². The van der Waals surface area contributed by atoms with E-state index in [1.165, 1.54) is 12.8 Å². The fraction of sp³-hybridized carbons (Fsp3) is 0.917. The van der Waals surface area contributed by atoms with Crippen molar-refractivity contribution < 1.29 is 4.79 Å². The van der Waals surface area contributed by atoms with Crippen molar-refractivity contribution in [3.8, 4) is 0 Å². The predicted octanol–water partition coefficient (Wildman–Crippen LogP) is 1.39. The highest BCUT2D eigenvalue weighted by Crippen LogP contribution is 2.47. The summed E-state index contributed by atoms with van der Waals surface area (Å²) in [7, 11) is 0. The molecule has 3 nitrogen and oxygen atoms in total. The Bertz CT molecular complexity index is 279. The van der Waals surface area contributed by atoms with Crippen LogP contribution in [0.25, 0.3) is 0 Å².